The van der Waals surface area contributed by atoms with E-state index in [1.165, 1.54) is 0 Å². The Labute approximate surface area is 192 Å². The first-order valence-electron chi connectivity index (χ1n) is 11.3. The number of fused-ring (bicyclic) bond motifs is 1. The van der Waals surface area contributed by atoms with Crippen LogP contribution in [0.4, 0.5) is 4.79 Å². The first kappa shape index (κ1) is 24.3. The van der Waals surface area contributed by atoms with Crippen LogP contribution in [0, 0.1) is 0 Å². The van der Waals surface area contributed by atoms with E-state index in [-0.39, 0.29) is 43.3 Å². The topological polar surface area (TPSA) is 125 Å². The van der Waals surface area contributed by atoms with Gasteiger partial charge in [0.1, 0.15) is 0 Å². The largest absolute Gasteiger partial charge is 0.356 e. The van der Waals surface area contributed by atoms with E-state index >= 15 is 0 Å². The molecule has 0 aromatic heterocycles. The van der Waals surface area contributed by atoms with Gasteiger partial charge in [0.05, 0.1) is 12.1 Å². The van der Waals surface area contributed by atoms with Crippen LogP contribution < -0.4 is 10.6 Å². The van der Waals surface area contributed by atoms with Gasteiger partial charge in [0.2, 0.25) is 5.91 Å². The Bertz CT molecular complexity index is 732. The van der Waals surface area contributed by atoms with Crippen LogP contribution in [0.25, 0.3) is 0 Å². The maximum absolute atomic E-state index is 12.0. The second kappa shape index (κ2) is 11.5. The minimum Gasteiger partial charge on any atom is -0.356 e. The Morgan fingerprint density at radius 3 is 2.53 bits per heavy atom. The molecule has 0 radical (unpaired) electrons. The van der Waals surface area contributed by atoms with Gasteiger partial charge < -0.3 is 20.4 Å². The van der Waals surface area contributed by atoms with E-state index in [0.717, 1.165) is 37.9 Å². The third-order valence-corrected chi connectivity index (χ3v) is 7.57. The number of imide groups is 1. The van der Waals surface area contributed by atoms with Gasteiger partial charge in [0.25, 0.3) is 11.8 Å². The van der Waals surface area contributed by atoms with Crippen molar-refractivity contribution in [2.75, 3.05) is 19.3 Å². The molecule has 3 atom stereocenters. The zero-order chi connectivity index (χ0) is 23.1. The lowest BCUT2D eigenvalue weighted by molar-refractivity contribution is -0.197. The summed E-state index contributed by atoms with van der Waals surface area (Å²) in [5, 5.41) is 6.91. The molecule has 2 N–H and O–H groups in total. The molecule has 3 aliphatic rings. The Morgan fingerprint density at radius 1 is 1.06 bits per heavy atom. The molecule has 3 saturated heterocycles. The SMILES string of the molecule is CN1C(=O)NC2CS[C@@H](CCCCC(=O)NCCCCCC(=O)ON3C(=O)CCC3=O)C21. The third kappa shape index (κ3) is 6.36. The molecule has 178 valence electrons. The Morgan fingerprint density at radius 2 is 1.78 bits per heavy atom. The lowest BCUT2D eigenvalue weighted by Gasteiger charge is -2.23. The third-order valence-electron chi connectivity index (χ3n) is 6.08. The molecule has 2 unspecified atom stereocenters. The lowest BCUT2D eigenvalue weighted by Crippen LogP contribution is -2.38. The summed E-state index contributed by atoms with van der Waals surface area (Å²) in [6.07, 6.45) is 5.62. The van der Waals surface area contributed by atoms with Gasteiger partial charge in [-0.3, -0.25) is 14.4 Å². The number of hydrogen-bond donors (Lipinski definition) is 2. The van der Waals surface area contributed by atoms with Crippen LogP contribution in [0.3, 0.4) is 0 Å². The van der Waals surface area contributed by atoms with Crippen molar-refractivity contribution in [3.8, 4) is 0 Å². The van der Waals surface area contributed by atoms with Gasteiger partial charge in [-0.1, -0.05) is 12.8 Å². The highest BCUT2D eigenvalue weighted by Crippen LogP contribution is 2.36. The average molecular weight is 469 g/mol. The summed E-state index contributed by atoms with van der Waals surface area (Å²) in [6, 6.07) is 0.520. The fraction of sp³-hybridized carbons (Fsp3) is 0.762. The second-order valence-electron chi connectivity index (χ2n) is 8.48. The van der Waals surface area contributed by atoms with Crippen LogP contribution >= 0.6 is 11.8 Å². The first-order valence-corrected chi connectivity index (χ1v) is 12.4. The summed E-state index contributed by atoms with van der Waals surface area (Å²) in [7, 11) is 1.85. The monoisotopic (exact) mass is 468 g/mol. The molecule has 10 nitrogen and oxygen atoms in total. The molecule has 0 spiro atoms. The maximum atomic E-state index is 12.0. The molecule has 0 saturated carbocycles. The molecule has 3 aliphatic heterocycles. The van der Waals surface area contributed by atoms with Crippen LogP contribution in [0.1, 0.15) is 64.2 Å². The number of carbonyl (C=O) groups is 5. The molecule has 11 heteroatoms. The van der Waals surface area contributed by atoms with Gasteiger partial charge >= 0.3 is 12.0 Å². The van der Waals surface area contributed by atoms with Crippen LogP contribution in [0.2, 0.25) is 0 Å². The summed E-state index contributed by atoms with van der Waals surface area (Å²) in [5.41, 5.74) is 0. The smallest absolute Gasteiger partial charge is 0.333 e. The van der Waals surface area contributed by atoms with Crippen LogP contribution in [-0.4, -0.2) is 76.4 Å². The highest BCUT2D eigenvalue weighted by Gasteiger charge is 2.46. The number of thioether (sulfide) groups is 1. The number of hydrogen-bond acceptors (Lipinski definition) is 7. The highest BCUT2D eigenvalue weighted by molar-refractivity contribution is 8.00. The molecular formula is C21H32N4O6S. The molecule has 0 bridgehead atoms. The summed E-state index contributed by atoms with van der Waals surface area (Å²) < 4.78 is 0. The van der Waals surface area contributed by atoms with E-state index in [4.69, 9.17) is 4.84 Å². The fourth-order valence-corrected chi connectivity index (χ4v) is 5.94. The molecule has 0 aromatic carbocycles. The lowest BCUT2D eigenvalue weighted by atomic mass is 10.0. The first-order chi connectivity index (χ1) is 15.4. The van der Waals surface area contributed by atoms with Crippen molar-refractivity contribution in [2.24, 2.45) is 0 Å². The highest BCUT2D eigenvalue weighted by atomic mass is 32.2. The van der Waals surface area contributed by atoms with E-state index in [9.17, 15) is 24.0 Å². The van der Waals surface area contributed by atoms with Crippen molar-refractivity contribution in [3.63, 3.8) is 0 Å². The number of unbranched alkanes of at least 4 members (excludes halogenated alkanes) is 3. The summed E-state index contributed by atoms with van der Waals surface area (Å²) >= 11 is 1.91. The standard InChI is InChI=1S/C21H32N4O6S/c1-24-20-14(23-21(24)30)13-32-15(20)7-4-5-8-16(26)22-12-6-2-3-9-19(29)31-25-17(27)10-11-18(25)28/h14-15,20H,2-13H2,1H3,(H,22,26)(H,23,30)/t14?,15-,20?/m0/s1. The van der Waals surface area contributed by atoms with Crippen molar-refractivity contribution in [2.45, 2.75) is 81.5 Å². The van der Waals surface area contributed by atoms with Crippen molar-refractivity contribution in [1.82, 2.24) is 20.6 Å². The molecule has 32 heavy (non-hydrogen) atoms. The maximum Gasteiger partial charge on any atom is 0.333 e. The predicted molar refractivity (Wildman–Crippen MR) is 117 cm³/mol. The number of urea groups is 1. The minimum atomic E-state index is -0.590. The van der Waals surface area contributed by atoms with Crippen LogP contribution in [-0.2, 0) is 24.0 Å². The molecule has 3 heterocycles. The Balaban J connectivity index is 1.16. The zero-order valence-corrected chi connectivity index (χ0v) is 19.3. The van der Waals surface area contributed by atoms with Gasteiger partial charge in [0.15, 0.2) is 0 Å². The van der Waals surface area contributed by atoms with Crippen molar-refractivity contribution in [1.29, 1.82) is 0 Å². The van der Waals surface area contributed by atoms with Gasteiger partial charge in [-0.2, -0.15) is 11.8 Å². The van der Waals surface area contributed by atoms with E-state index < -0.39 is 17.8 Å². The van der Waals surface area contributed by atoms with Crippen molar-refractivity contribution < 1.29 is 28.8 Å². The van der Waals surface area contributed by atoms with E-state index in [0.29, 0.717) is 29.7 Å². The van der Waals surface area contributed by atoms with Gasteiger partial charge in [-0.25, -0.2) is 9.59 Å². The zero-order valence-electron chi connectivity index (χ0n) is 18.5. The van der Waals surface area contributed by atoms with E-state index in [1.807, 2.05) is 23.7 Å². The number of rotatable bonds is 12. The van der Waals surface area contributed by atoms with E-state index in [1.54, 1.807) is 0 Å². The Hall–Kier alpha value is -2.30. The molecule has 0 aliphatic carbocycles. The second-order valence-corrected chi connectivity index (χ2v) is 9.75. The molecular weight excluding hydrogens is 436 g/mol. The summed E-state index contributed by atoms with van der Waals surface area (Å²) in [6.45, 7) is 0.553. The van der Waals surface area contributed by atoms with Gasteiger partial charge in [-0.05, 0) is 25.7 Å². The molecule has 3 fully saturated rings. The van der Waals surface area contributed by atoms with Gasteiger partial charge in [0, 0.05) is 50.3 Å². The Kier molecular flexibility index (Phi) is 8.77. The number of hydroxylamine groups is 2. The normalized spacial score (nSPS) is 24.7. The van der Waals surface area contributed by atoms with Crippen LogP contribution in [0.15, 0.2) is 0 Å². The van der Waals surface area contributed by atoms with Crippen molar-refractivity contribution in [3.05, 3.63) is 0 Å². The number of amides is 5. The fourth-order valence-electron chi connectivity index (χ4n) is 4.30. The average Bonchev–Trinajstić information content (AvgIpc) is 3.39. The summed E-state index contributed by atoms with van der Waals surface area (Å²) in [5.74, 6) is -0.556. The number of carbonyl (C=O) groups excluding carboxylic acids is 5. The molecule has 5 amide bonds. The number of nitrogens with zero attached hydrogens (tertiary/aromatic N) is 2. The number of nitrogens with one attached hydrogen (secondary N) is 2. The minimum absolute atomic E-state index is 0.0124. The van der Waals surface area contributed by atoms with Gasteiger partial charge in [-0.15, -0.1) is 5.06 Å². The van der Waals surface area contributed by atoms with E-state index in [2.05, 4.69) is 10.6 Å². The molecule has 3 rings (SSSR count). The number of likely N-dealkylation sites (N-methyl/N-ethyl adjacent to an activating group) is 1. The molecule has 0 aromatic rings. The van der Waals surface area contributed by atoms with Crippen molar-refractivity contribution >= 4 is 41.5 Å². The predicted octanol–water partition coefficient (Wildman–Crippen LogP) is 1.34. The summed E-state index contributed by atoms with van der Waals surface area (Å²) in [4.78, 5) is 64.9. The quantitative estimate of drug-likeness (QED) is 0.251. The van der Waals surface area contributed by atoms with Crippen LogP contribution in [0.5, 0.6) is 0 Å².